The van der Waals surface area contributed by atoms with Crippen LogP contribution in [0.15, 0.2) is 12.1 Å². The van der Waals surface area contributed by atoms with Crippen LogP contribution in [0.25, 0.3) is 0 Å². The summed E-state index contributed by atoms with van der Waals surface area (Å²) in [5.74, 6) is -3.55. The number of aliphatic hydroxyl groups is 1. The summed E-state index contributed by atoms with van der Waals surface area (Å²) in [6.07, 6.45) is -1.85. The van der Waals surface area contributed by atoms with Crippen LogP contribution in [0.5, 0.6) is 0 Å². The Morgan fingerprint density at radius 1 is 1.50 bits per heavy atom. The number of nitro groups is 1. The molecule has 0 bridgehead atoms. The number of nitrogens with zero attached hydrogens (tertiary/aromatic N) is 1. The van der Waals surface area contributed by atoms with Crippen molar-refractivity contribution in [1.29, 1.82) is 0 Å². The zero-order chi connectivity index (χ0) is 15.4. The van der Waals surface area contributed by atoms with Gasteiger partial charge in [0.05, 0.1) is 17.0 Å². The number of carboxylic acid groups (broad SMARTS) is 1. The van der Waals surface area contributed by atoms with E-state index < -0.39 is 46.5 Å². The minimum absolute atomic E-state index is 0.0943. The lowest BCUT2D eigenvalue weighted by molar-refractivity contribution is -0.385. The monoisotopic (exact) mass is 286 g/mol. The van der Waals surface area contributed by atoms with Crippen LogP contribution in [-0.2, 0) is 4.79 Å². The summed E-state index contributed by atoms with van der Waals surface area (Å²) in [5, 5.41) is 30.0. The second-order valence-electron chi connectivity index (χ2n) is 3.95. The summed E-state index contributed by atoms with van der Waals surface area (Å²) in [4.78, 5) is 31.8. The van der Waals surface area contributed by atoms with E-state index in [1.165, 1.54) is 6.92 Å². The fourth-order valence-corrected chi connectivity index (χ4v) is 1.39. The molecular formula is C11H11FN2O6. The molecule has 1 amide bonds. The molecule has 9 heteroatoms. The second-order valence-corrected chi connectivity index (χ2v) is 3.95. The zero-order valence-corrected chi connectivity index (χ0v) is 10.3. The van der Waals surface area contributed by atoms with E-state index in [0.717, 1.165) is 12.1 Å². The number of halogens is 1. The number of carbonyl (C=O) groups is 2. The first-order chi connectivity index (χ1) is 9.23. The summed E-state index contributed by atoms with van der Waals surface area (Å²) < 4.78 is 13.7. The molecule has 1 aromatic rings. The van der Waals surface area contributed by atoms with Crippen molar-refractivity contribution in [3.05, 3.63) is 39.2 Å². The number of aliphatic carboxylic acids is 1. The molecule has 3 N–H and O–H groups in total. The molecule has 20 heavy (non-hydrogen) atoms. The number of nitrogens with one attached hydrogen (secondary N) is 1. The van der Waals surface area contributed by atoms with Crippen molar-refractivity contribution in [2.75, 3.05) is 6.54 Å². The highest BCUT2D eigenvalue weighted by molar-refractivity contribution is 5.95. The molecule has 0 aromatic heterocycles. The van der Waals surface area contributed by atoms with Gasteiger partial charge in [-0.15, -0.1) is 0 Å². The largest absolute Gasteiger partial charge is 0.479 e. The number of non-ortho nitro benzene ring substituents is 1. The molecule has 0 spiro atoms. The van der Waals surface area contributed by atoms with Crippen LogP contribution in [0, 0.1) is 22.9 Å². The number of aliphatic hydroxyl groups excluding tert-OH is 1. The molecule has 1 rings (SSSR count). The van der Waals surface area contributed by atoms with Gasteiger partial charge in [0, 0.05) is 12.1 Å². The van der Waals surface area contributed by atoms with Crippen LogP contribution < -0.4 is 5.32 Å². The number of carboxylic acids is 1. The Bertz CT molecular complexity index is 574. The molecule has 1 aromatic carbocycles. The quantitative estimate of drug-likeness (QED) is 0.524. The first-order valence-electron chi connectivity index (χ1n) is 5.37. The number of amides is 1. The van der Waals surface area contributed by atoms with E-state index in [2.05, 4.69) is 0 Å². The molecule has 0 aliphatic carbocycles. The minimum atomic E-state index is -1.85. The van der Waals surface area contributed by atoms with Crippen molar-refractivity contribution in [1.82, 2.24) is 5.32 Å². The predicted molar refractivity (Wildman–Crippen MR) is 63.8 cm³/mol. The topological polar surface area (TPSA) is 130 Å². The maximum atomic E-state index is 13.7. The molecule has 0 fully saturated rings. The highest BCUT2D eigenvalue weighted by Crippen LogP contribution is 2.20. The predicted octanol–water partition coefficient (Wildman–Crippen LogP) is 0.218. The first-order valence-corrected chi connectivity index (χ1v) is 5.37. The van der Waals surface area contributed by atoms with Crippen LogP contribution >= 0.6 is 0 Å². The van der Waals surface area contributed by atoms with Crippen LogP contribution in [0.2, 0.25) is 0 Å². The van der Waals surface area contributed by atoms with E-state index in [4.69, 9.17) is 10.2 Å². The molecule has 0 saturated carbocycles. The average Bonchev–Trinajstić information content (AvgIpc) is 2.37. The third-order valence-electron chi connectivity index (χ3n) is 2.44. The van der Waals surface area contributed by atoms with Gasteiger partial charge in [-0.2, -0.15) is 0 Å². The van der Waals surface area contributed by atoms with Crippen LogP contribution in [0.4, 0.5) is 10.1 Å². The second kappa shape index (κ2) is 6.06. The Hall–Kier alpha value is -2.55. The summed E-state index contributed by atoms with van der Waals surface area (Å²) >= 11 is 0. The lowest BCUT2D eigenvalue weighted by atomic mass is 10.1. The number of hydrogen-bond donors (Lipinski definition) is 3. The van der Waals surface area contributed by atoms with E-state index in [1.54, 1.807) is 0 Å². The fourth-order valence-electron chi connectivity index (χ4n) is 1.39. The molecule has 0 aliphatic rings. The van der Waals surface area contributed by atoms with E-state index in [0.29, 0.717) is 0 Å². The molecular weight excluding hydrogens is 275 g/mol. The van der Waals surface area contributed by atoms with Crippen LogP contribution in [0.1, 0.15) is 15.9 Å². The molecule has 0 saturated heterocycles. The van der Waals surface area contributed by atoms with Gasteiger partial charge >= 0.3 is 5.97 Å². The Labute approximate surface area is 112 Å². The number of aryl methyl sites for hydroxylation is 1. The normalized spacial score (nSPS) is 11.8. The third-order valence-corrected chi connectivity index (χ3v) is 2.44. The maximum Gasteiger partial charge on any atom is 0.334 e. The van der Waals surface area contributed by atoms with E-state index in [1.807, 2.05) is 5.32 Å². The van der Waals surface area contributed by atoms with Gasteiger partial charge in [-0.3, -0.25) is 14.9 Å². The van der Waals surface area contributed by atoms with Gasteiger partial charge in [-0.05, 0) is 12.5 Å². The van der Waals surface area contributed by atoms with E-state index in [9.17, 15) is 24.1 Å². The molecule has 1 atom stereocenters. The number of hydrogen-bond acceptors (Lipinski definition) is 5. The molecule has 0 radical (unpaired) electrons. The number of nitro benzene ring substituents is 1. The van der Waals surface area contributed by atoms with E-state index in [-0.39, 0.29) is 5.56 Å². The first kappa shape index (κ1) is 15.5. The standard InChI is InChI=1S/C11H11FN2O6/c1-5-2-6(14(19)20)3-7(9(5)12)10(16)13-4-8(15)11(17)18/h2-3,8,15H,4H2,1H3,(H,13,16)(H,17,18). The Kier molecular flexibility index (Phi) is 4.70. The maximum absolute atomic E-state index is 13.7. The van der Waals surface area contributed by atoms with Crippen molar-refractivity contribution >= 4 is 17.6 Å². The van der Waals surface area contributed by atoms with Gasteiger partial charge in [0.1, 0.15) is 5.82 Å². The molecule has 0 heterocycles. The van der Waals surface area contributed by atoms with E-state index >= 15 is 0 Å². The van der Waals surface area contributed by atoms with Gasteiger partial charge in [0.15, 0.2) is 6.10 Å². The molecule has 0 aliphatic heterocycles. The van der Waals surface area contributed by atoms with Crippen molar-refractivity contribution in [2.24, 2.45) is 0 Å². The third kappa shape index (κ3) is 3.48. The highest BCUT2D eigenvalue weighted by atomic mass is 19.1. The summed E-state index contributed by atoms with van der Waals surface area (Å²) in [7, 11) is 0. The molecule has 1 unspecified atom stereocenters. The van der Waals surface area contributed by atoms with Crippen LogP contribution in [0.3, 0.4) is 0 Å². The smallest absolute Gasteiger partial charge is 0.334 e. The van der Waals surface area contributed by atoms with Gasteiger partial charge < -0.3 is 15.5 Å². The zero-order valence-electron chi connectivity index (χ0n) is 10.3. The van der Waals surface area contributed by atoms with Crippen LogP contribution in [-0.4, -0.2) is 39.7 Å². The van der Waals surface area contributed by atoms with Crippen molar-refractivity contribution < 1.29 is 29.1 Å². The van der Waals surface area contributed by atoms with Gasteiger partial charge in [-0.25, -0.2) is 9.18 Å². The number of carbonyl (C=O) groups excluding carboxylic acids is 1. The SMILES string of the molecule is Cc1cc([N+](=O)[O-])cc(C(=O)NCC(O)C(=O)O)c1F. The molecule has 8 nitrogen and oxygen atoms in total. The average molecular weight is 286 g/mol. The van der Waals surface area contributed by atoms with Crippen molar-refractivity contribution in [3.63, 3.8) is 0 Å². The van der Waals surface area contributed by atoms with Crippen molar-refractivity contribution in [2.45, 2.75) is 13.0 Å². The summed E-state index contributed by atoms with van der Waals surface area (Å²) in [5.41, 5.74) is -1.15. The number of benzene rings is 1. The Morgan fingerprint density at radius 3 is 2.60 bits per heavy atom. The van der Waals surface area contributed by atoms with Gasteiger partial charge in [-0.1, -0.05) is 0 Å². The van der Waals surface area contributed by atoms with Crippen molar-refractivity contribution in [3.8, 4) is 0 Å². The lowest BCUT2D eigenvalue weighted by Gasteiger charge is -2.09. The van der Waals surface area contributed by atoms with Gasteiger partial charge in [0.25, 0.3) is 11.6 Å². The summed E-state index contributed by atoms with van der Waals surface area (Å²) in [6.45, 7) is 0.612. The van der Waals surface area contributed by atoms with Gasteiger partial charge in [0.2, 0.25) is 0 Å². The number of rotatable bonds is 5. The highest BCUT2D eigenvalue weighted by Gasteiger charge is 2.21. The lowest BCUT2D eigenvalue weighted by Crippen LogP contribution is -2.36. The Balaban J connectivity index is 2.98. The Morgan fingerprint density at radius 2 is 2.10 bits per heavy atom. The summed E-state index contributed by atoms with van der Waals surface area (Å²) in [6, 6.07) is 1.71. The molecule has 108 valence electrons. The fraction of sp³-hybridized carbons (Fsp3) is 0.273. The minimum Gasteiger partial charge on any atom is -0.479 e.